The van der Waals surface area contributed by atoms with Crippen molar-refractivity contribution in [1.29, 1.82) is 0 Å². The van der Waals surface area contributed by atoms with Crippen LogP contribution in [0.15, 0.2) is 57.9 Å². The lowest BCUT2D eigenvalue weighted by molar-refractivity contribution is 0.682. The molecule has 0 fully saturated rings. The van der Waals surface area contributed by atoms with E-state index in [-0.39, 0.29) is 0 Å². The Bertz CT molecular complexity index is 554. The van der Waals surface area contributed by atoms with Crippen LogP contribution in [0.5, 0.6) is 0 Å². The second-order valence-electron chi connectivity index (χ2n) is 3.95. The highest BCUT2D eigenvalue weighted by Gasteiger charge is 2.05. The van der Waals surface area contributed by atoms with Crippen LogP contribution in [0.4, 0.5) is 5.69 Å². The fourth-order valence-electron chi connectivity index (χ4n) is 1.67. The molecule has 0 heterocycles. The second-order valence-corrected chi connectivity index (χ2v) is 6.44. The molecule has 4 heteroatoms. The van der Waals surface area contributed by atoms with Gasteiger partial charge < -0.3 is 5.73 Å². The monoisotopic (exact) mass is 323 g/mol. The van der Waals surface area contributed by atoms with Gasteiger partial charge in [-0.1, -0.05) is 34.1 Å². The highest BCUT2D eigenvalue weighted by Crippen LogP contribution is 2.16. The number of anilines is 1. The van der Waals surface area contributed by atoms with E-state index in [1.807, 2.05) is 48.5 Å². The Labute approximate surface area is 118 Å². The third-order valence-corrected chi connectivity index (χ3v) is 4.59. The van der Waals surface area contributed by atoms with Gasteiger partial charge in [-0.2, -0.15) is 0 Å². The van der Waals surface area contributed by atoms with Crippen molar-refractivity contribution in [3.8, 4) is 0 Å². The molecule has 18 heavy (non-hydrogen) atoms. The van der Waals surface area contributed by atoms with Crippen molar-refractivity contribution < 1.29 is 4.21 Å². The maximum absolute atomic E-state index is 12.1. The van der Waals surface area contributed by atoms with Crippen molar-refractivity contribution in [2.75, 3.05) is 11.5 Å². The van der Waals surface area contributed by atoms with Gasteiger partial charge in [-0.15, -0.1) is 0 Å². The summed E-state index contributed by atoms with van der Waals surface area (Å²) in [5, 5.41) is 0. The Hall–Kier alpha value is -1.13. The highest BCUT2D eigenvalue weighted by molar-refractivity contribution is 9.10. The normalized spacial score (nSPS) is 12.3. The number of nitrogen functional groups attached to an aromatic ring is 1. The zero-order valence-electron chi connectivity index (χ0n) is 9.80. The lowest BCUT2D eigenvalue weighted by Gasteiger charge is -2.05. The summed E-state index contributed by atoms with van der Waals surface area (Å²) in [7, 11) is -0.977. The molecule has 0 radical (unpaired) electrons. The van der Waals surface area contributed by atoms with E-state index in [1.165, 1.54) is 0 Å². The summed E-state index contributed by atoms with van der Waals surface area (Å²) in [4.78, 5) is 0.854. The molecule has 94 valence electrons. The van der Waals surface area contributed by atoms with Crippen LogP contribution >= 0.6 is 15.9 Å². The molecular weight excluding hydrogens is 310 g/mol. The second kappa shape index (κ2) is 6.16. The van der Waals surface area contributed by atoms with Crippen LogP contribution in [0.2, 0.25) is 0 Å². The van der Waals surface area contributed by atoms with E-state index in [9.17, 15) is 4.21 Å². The van der Waals surface area contributed by atoms with Gasteiger partial charge in [-0.3, -0.25) is 4.21 Å². The van der Waals surface area contributed by atoms with Crippen LogP contribution in [0.25, 0.3) is 0 Å². The molecule has 2 aromatic rings. The molecule has 2 aromatic carbocycles. The molecule has 0 spiro atoms. The summed E-state index contributed by atoms with van der Waals surface area (Å²) >= 11 is 3.36. The number of para-hydroxylation sites is 1. The van der Waals surface area contributed by atoms with Crippen LogP contribution in [0, 0.1) is 0 Å². The van der Waals surface area contributed by atoms with E-state index >= 15 is 0 Å². The summed E-state index contributed by atoms with van der Waals surface area (Å²) in [6.07, 6.45) is 0.731. The predicted molar refractivity (Wildman–Crippen MR) is 80.0 cm³/mol. The van der Waals surface area contributed by atoms with E-state index in [2.05, 4.69) is 15.9 Å². The van der Waals surface area contributed by atoms with E-state index < -0.39 is 10.8 Å². The number of halogens is 1. The molecule has 0 aliphatic heterocycles. The molecule has 0 aliphatic rings. The summed E-state index contributed by atoms with van der Waals surface area (Å²) < 4.78 is 13.1. The predicted octanol–water partition coefficient (Wildman–Crippen LogP) is 3.38. The Kier molecular flexibility index (Phi) is 4.55. The van der Waals surface area contributed by atoms with Crippen molar-refractivity contribution in [2.24, 2.45) is 0 Å². The van der Waals surface area contributed by atoms with E-state index in [0.717, 1.165) is 27.0 Å². The van der Waals surface area contributed by atoms with Gasteiger partial charge in [-0.25, -0.2) is 0 Å². The number of benzene rings is 2. The maximum Gasteiger partial charge on any atom is 0.0532 e. The first kappa shape index (κ1) is 13.3. The van der Waals surface area contributed by atoms with E-state index in [4.69, 9.17) is 5.73 Å². The molecule has 1 atom stereocenters. The van der Waals surface area contributed by atoms with Crippen molar-refractivity contribution in [1.82, 2.24) is 0 Å². The van der Waals surface area contributed by atoms with Crippen LogP contribution in [0.1, 0.15) is 5.56 Å². The number of nitrogens with two attached hydrogens (primary N) is 1. The molecule has 0 amide bonds. The minimum absolute atomic E-state index is 0.593. The van der Waals surface area contributed by atoms with Crippen LogP contribution in [-0.4, -0.2) is 9.96 Å². The fraction of sp³-hybridized carbons (Fsp3) is 0.143. The fourth-order valence-corrected chi connectivity index (χ4v) is 3.01. The number of hydrogen-bond acceptors (Lipinski definition) is 2. The lowest BCUT2D eigenvalue weighted by atomic mass is 10.1. The molecule has 2 rings (SSSR count). The van der Waals surface area contributed by atoms with Crippen molar-refractivity contribution in [3.63, 3.8) is 0 Å². The summed E-state index contributed by atoms with van der Waals surface area (Å²) in [6, 6.07) is 15.3. The first-order chi connectivity index (χ1) is 8.66. The standard InChI is InChI=1S/C14H14BrNOS/c15-12-5-7-13(8-6-12)18(17)10-9-11-3-1-2-4-14(11)16/h1-8H,9-10,16H2. The molecular formula is C14H14BrNOS. The molecule has 0 bridgehead atoms. The largest absolute Gasteiger partial charge is 0.399 e. The van der Waals surface area contributed by atoms with Gasteiger partial charge in [0.15, 0.2) is 0 Å². The summed E-state index contributed by atoms with van der Waals surface area (Å²) in [5.41, 5.74) is 7.69. The van der Waals surface area contributed by atoms with Gasteiger partial charge in [-0.05, 0) is 42.3 Å². The SMILES string of the molecule is Nc1ccccc1CCS(=O)c1ccc(Br)cc1. The Morgan fingerprint density at radius 1 is 1.06 bits per heavy atom. The van der Waals surface area contributed by atoms with Gasteiger partial charge in [0.25, 0.3) is 0 Å². The Balaban J connectivity index is 2.01. The first-order valence-corrected chi connectivity index (χ1v) is 7.75. The topological polar surface area (TPSA) is 43.1 Å². The first-order valence-electron chi connectivity index (χ1n) is 5.64. The van der Waals surface area contributed by atoms with Crippen LogP contribution in [-0.2, 0) is 17.2 Å². The Morgan fingerprint density at radius 3 is 2.39 bits per heavy atom. The average molecular weight is 324 g/mol. The summed E-state index contributed by atoms with van der Waals surface area (Å²) in [5.74, 6) is 0.593. The van der Waals surface area contributed by atoms with Gasteiger partial charge >= 0.3 is 0 Å². The van der Waals surface area contributed by atoms with Crippen molar-refractivity contribution >= 4 is 32.4 Å². The lowest BCUT2D eigenvalue weighted by Crippen LogP contribution is -2.03. The zero-order chi connectivity index (χ0) is 13.0. The summed E-state index contributed by atoms with van der Waals surface area (Å²) in [6.45, 7) is 0. The molecule has 0 aliphatic carbocycles. The van der Waals surface area contributed by atoms with Gasteiger partial charge in [0.1, 0.15) is 0 Å². The molecule has 2 nitrogen and oxygen atoms in total. The van der Waals surface area contributed by atoms with Gasteiger partial charge in [0, 0.05) is 20.8 Å². The van der Waals surface area contributed by atoms with E-state index in [0.29, 0.717) is 5.75 Å². The van der Waals surface area contributed by atoms with Crippen molar-refractivity contribution in [3.05, 3.63) is 58.6 Å². The van der Waals surface area contributed by atoms with Crippen LogP contribution in [0.3, 0.4) is 0 Å². The van der Waals surface area contributed by atoms with Crippen LogP contribution < -0.4 is 5.73 Å². The quantitative estimate of drug-likeness (QED) is 0.876. The third kappa shape index (κ3) is 3.43. The Morgan fingerprint density at radius 2 is 1.72 bits per heavy atom. The number of hydrogen-bond donors (Lipinski definition) is 1. The smallest absolute Gasteiger partial charge is 0.0532 e. The molecule has 1 unspecified atom stereocenters. The highest BCUT2D eigenvalue weighted by atomic mass is 79.9. The minimum Gasteiger partial charge on any atom is -0.399 e. The maximum atomic E-state index is 12.1. The van der Waals surface area contributed by atoms with E-state index in [1.54, 1.807) is 0 Å². The molecule has 0 saturated carbocycles. The minimum atomic E-state index is -0.977. The molecule has 2 N–H and O–H groups in total. The van der Waals surface area contributed by atoms with Gasteiger partial charge in [0.2, 0.25) is 0 Å². The van der Waals surface area contributed by atoms with Crippen molar-refractivity contribution in [2.45, 2.75) is 11.3 Å². The zero-order valence-corrected chi connectivity index (χ0v) is 12.2. The molecule has 0 saturated heterocycles. The number of aryl methyl sites for hydroxylation is 1. The van der Waals surface area contributed by atoms with Gasteiger partial charge in [0.05, 0.1) is 10.8 Å². The average Bonchev–Trinajstić information content (AvgIpc) is 2.38. The number of rotatable bonds is 4. The molecule has 0 aromatic heterocycles. The third-order valence-electron chi connectivity index (χ3n) is 2.69.